The Balaban J connectivity index is 1.86. The highest BCUT2D eigenvalue weighted by Gasteiger charge is 2.35. The molecule has 0 bridgehead atoms. The van der Waals surface area contributed by atoms with Crippen LogP contribution in [0.5, 0.6) is 0 Å². The minimum atomic E-state index is -0.946. The second-order valence-electron chi connectivity index (χ2n) is 8.79. The van der Waals surface area contributed by atoms with Gasteiger partial charge in [0.25, 0.3) is 0 Å². The Morgan fingerprint density at radius 2 is 1.85 bits per heavy atom. The maximum absolute atomic E-state index is 15.2. The molecule has 0 unspecified atom stereocenters. The number of hydrogen-bond donors (Lipinski definition) is 2. The fourth-order valence-electron chi connectivity index (χ4n) is 3.52. The van der Waals surface area contributed by atoms with E-state index in [0.717, 1.165) is 17.0 Å². The number of hydrazine groups is 1. The van der Waals surface area contributed by atoms with Gasteiger partial charge < -0.3 is 20.1 Å². The van der Waals surface area contributed by atoms with Crippen molar-refractivity contribution in [2.24, 2.45) is 0 Å². The molecule has 2 fully saturated rings. The molecule has 2 aliphatic rings. The molecule has 33 heavy (non-hydrogen) atoms. The standard InChI is InChI=1S/C21H29F2N5O5/c1-13(29)25-11-15-12-26(19(30)32-15)14-9-16(22)18(17(23)10-14)27-7-5-24-6-8-28(27)20(31)33-21(2,3)4/h9-10,15,24H,5-8,11-12H2,1-4H3,(H,25,29)/t15-/m0/s1. The lowest BCUT2D eigenvalue weighted by atomic mass is 10.2. The number of nitrogens with zero attached hydrogens (tertiary/aromatic N) is 3. The van der Waals surface area contributed by atoms with Crippen molar-refractivity contribution < 1.29 is 32.6 Å². The molecule has 1 aromatic rings. The average molecular weight is 469 g/mol. The van der Waals surface area contributed by atoms with Gasteiger partial charge in [0, 0.05) is 32.1 Å². The summed E-state index contributed by atoms with van der Waals surface area (Å²) in [5.74, 6) is -2.18. The van der Waals surface area contributed by atoms with Crippen molar-refractivity contribution in [2.45, 2.75) is 39.4 Å². The van der Waals surface area contributed by atoms with E-state index in [1.807, 2.05) is 0 Å². The molecule has 0 aliphatic carbocycles. The first kappa shape index (κ1) is 24.5. The number of halogens is 2. The molecule has 10 nitrogen and oxygen atoms in total. The van der Waals surface area contributed by atoms with E-state index >= 15 is 8.78 Å². The quantitative estimate of drug-likeness (QED) is 0.695. The van der Waals surface area contributed by atoms with E-state index < -0.39 is 41.2 Å². The second kappa shape index (κ2) is 9.77. The van der Waals surface area contributed by atoms with E-state index in [1.165, 1.54) is 16.9 Å². The summed E-state index contributed by atoms with van der Waals surface area (Å²) in [5.41, 5.74) is -1.23. The molecule has 3 amide bonds. The Labute approximate surface area is 190 Å². The van der Waals surface area contributed by atoms with Crippen LogP contribution >= 0.6 is 0 Å². The molecule has 2 aliphatic heterocycles. The van der Waals surface area contributed by atoms with Crippen molar-refractivity contribution in [3.63, 3.8) is 0 Å². The van der Waals surface area contributed by atoms with E-state index in [9.17, 15) is 14.4 Å². The normalized spacial score (nSPS) is 19.3. The predicted molar refractivity (Wildman–Crippen MR) is 116 cm³/mol. The van der Waals surface area contributed by atoms with Gasteiger partial charge in [-0.2, -0.15) is 0 Å². The van der Waals surface area contributed by atoms with Gasteiger partial charge in [0.2, 0.25) is 5.91 Å². The van der Waals surface area contributed by atoms with E-state index in [4.69, 9.17) is 9.47 Å². The van der Waals surface area contributed by atoms with Gasteiger partial charge in [-0.1, -0.05) is 0 Å². The topological polar surface area (TPSA) is 103 Å². The van der Waals surface area contributed by atoms with Crippen LogP contribution < -0.4 is 20.5 Å². The number of cyclic esters (lactones) is 1. The molecule has 2 heterocycles. The minimum absolute atomic E-state index is 0.0228. The SMILES string of the molecule is CC(=O)NC[C@H]1CN(c2cc(F)c(N3CCNCCN3C(=O)OC(C)(C)C)c(F)c2)C(=O)O1. The van der Waals surface area contributed by atoms with Crippen LogP contribution in [-0.2, 0) is 14.3 Å². The summed E-state index contributed by atoms with van der Waals surface area (Å²) < 4.78 is 41.0. The average Bonchev–Trinajstić information content (AvgIpc) is 2.90. The van der Waals surface area contributed by atoms with Gasteiger partial charge in [-0.15, -0.1) is 0 Å². The van der Waals surface area contributed by atoms with Gasteiger partial charge in [-0.25, -0.2) is 23.4 Å². The number of amides is 3. The molecule has 12 heteroatoms. The largest absolute Gasteiger partial charge is 0.442 e. The highest BCUT2D eigenvalue weighted by Crippen LogP contribution is 2.32. The molecule has 182 valence electrons. The van der Waals surface area contributed by atoms with E-state index in [2.05, 4.69) is 10.6 Å². The summed E-state index contributed by atoms with van der Waals surface area (Å²) >= 11 is 0. The maximum Gasteiger partial charge on any atom is 0.429 e. The Morgan fingerprint density at radius 3 is 2.45 bits per heavy atom. The number of ether oxygens (including phenoxy) is 2. The zero-order valence-corrected chi connectivity index (χ0v) is 19.1. The van der Waals surface area contributed by atoms with Gasteiger partial charge >= 0.3 is 12.2 Å². The van der Waals surface area contributed by atoms with E-state index in [-0.39, 0.29) is 37.8 Å². The lowest BCUT2D eigenvalue weighted by Gasteiger charge is -2.36. The Hall–Kier alpha value is -3.15. The third kappa shape index (κ3) is 6.01. The lowest BCUT2D eigenvalue weighted by Crippen LogP contribution is -2.50. The number of rotatable bonds is 4. The number of anilines is 2. The summed E-state index contributed by atoms with van der Waals surface area (Å²) in [6, 6.07) is 2.04. The number of benzene rings is 1. The smallest absolute Gasteiger partial charge is 0.429 e. The van der Waals surface area contributed by atoms with Crippen LogP contribution in [0.1, 0.15) is 27.7 Å². The van der Waals surface area contributed by atoms with Gasteiger partial charge in [0.1, 0.15) is 17.4 Å². The van der Waals surface area contributed by atoms with Crippen LogP contribution in [-0.4, -0.2) is 74.1 Å². The lowest BCUT2D eigenvalue weighted by molar-refractivity contribution is -0.119. The molecular formula is C21H29F2N5O5. The summed E-state index contributed by atoms with van der Waals surface area (Å²) in [6.45, 7) is 7.64. The third-order valence-electron chi connectivity index (χ3n) is 4.92. The van der Waals surface area contributed by atoms with Crippen LogP contribution in [0.25, 0.3) is 0 Å². The fourth-order valence-corrected chi connectivity index (χ4v) is 3.52. The zero-order chi connectivity index (χ0) is 24.3. The zero-order valence-electron chi connectivity index (χ0n) is 19.1. The number of hydrogen-bond acceptors (Lipinski definition) is 7. The summed E-state index contributed by atoms with van der Waals surface area (Å²) in [6.07, 6.45) is -2.14. The van der Waals surface area contributed by atoms with Crippen LogP contribution in [0, 0.1) is 11.6 Å². The first-order valence-corrected chi connectivity index (χ1v) is 10.7. The second-order valence-corrected chi connectivity index (χ2v) is 8.79. The van der Waals surface area contributed by atoms with Crippen LogP contribution in [0.3, 0.4) is 0 Å². The molecular weight excluding hydrogens is 440 g/mol. The Kier molecular flexibility index (Phi) is 7.25. The number of carbonyl (C=O) groups is 3. The van der Waals surface area contributed by atoms with Gasteiger partial charge in [0.05, 0.1) is 31.9 Å². The van der Waals surface area contributed by atoms with Crippen LogP contribution in [0.2, 0.25) is 0 Å². The summed E-state index contributed by atoms with van der Waals surface area (Å²) in [4.78, 5) is 37.1. The molecule has 1 aromatic carbocycles. The number of nitrogens with one attached hydrogen (secondary N) is 2. The monoisotopic (exact) mass is 469 g/mol. The Morgan fingerprint density at radius 1 is 1.21 bits per heavy atom. The summed E-state index contributed by atoms with van der Waals surface area (Å²) in [5, 5.41) is 8.00. The molecule has 0 saturated carbocycles. The molecule has 2 saturated heterocycles. The molecule has 0 spiro atoms. The van der Waals surface area contributed by atoms with Gasteiger partial charge in [-0.3, -0.25) is 14.7 Å². The predicted octanol–water partition coefficient (Wildman–Crippen LogP) is 1.99. The van der Waals surface area contributed by atoms with E-state index in [1.54, 1.807) is 20.8 Å². The minimum Gasteiger partial charge on any atom is -0.442 e. The molecule has 3 rings (SSSR count). The number of carbonyl (C=O) groups excluding carboxylic acids is 3. The first-order valence-electron chi connectivity index (χ1n) is 10.7. The van der Waals surface area contributed by atoms with Crippen molar-refractivity contribution in [3.05, 3.63) is 23.8 Å². The molecule has 0 radical (unpaired) electrons. The molecule has 1 atom stereocenters. The fraction of sp³-hybridized carbons (Fsp3) is 0.571. The van der Waals surface area contributed by atoms with Crippen molar-refractivity contribution in [1.82, 2.24) is 15.6 Å². The highest BCUT2D eigenvalue weighted by molar-refractivity contribution is 5.90. The first-order chi connectivity index (χ1) is 15.5. The van der Waals surface area contributed by atoms with Gasteiger partial charge in [0.15, 0.2) is 11.6 Å². The van der Waals surface area contributed by atoms with Crippen molar-refractivity contribution >= 4 is 29.5 Å². The van der Waals surface area contributed by atoms with Crippen LogP contribution in [0.4, 0.5) is 29.7 Å². The maximum atomic E-state index is 15.2. The van der Waals surface area contributed by atoms with Crippen molar-refractivity contribution in [2.75, 3.05) is 49.2 Å². The van der Waals surface area contributed by atoms with Crippen molar-refractivity contribution in [3.8, 4) is 0 Å². The summed E-state index contributed by atoms with van der Waals surface area (Å²) in [7, 11) is 0. The van der Waals surface area contributed by atoms with Crippen molar-refractivity contribution in [1.29, 1.82) is 0 Å². The Bertz CT molecular complexity index is 900. The molecule has 0 aromatic heterocycles. The third-order valence-corrected chi connectivity index (χ3v) is 4.92. The highest BCUT2D eigenvalue weighted by atomic mass is 19.1. The molecule has 2 N–H and O–H groups in total. The van der Waals surface area contributed by atoms with Gasteiger partial charge in [-0.05, 0) is 20.8 Å². The van der Waals surface area contributed by atoms with Crippen LogP contribution in [0.15, 0.2) is 12.1 Å². The van der Waals surface area contributed by atoms with E-state index in [0.29, 0.717) is 13.1 Å².